The van der Waals surface area contributed by atoms with Gasteiger partial charge in [-0.25, -0.2) is 4.98 Å². The minimum absolute atomic E-state index is 0.0399. The first-order valence-corrected chi connectivity index (χ1v) is 7.04. The number of aromatic nitrogens is 1. The van der Waals surface area contributed by atoms with Crippen molar-refractivity contribution in [1.82, 2.24) is 15.2 Å². The van der Waals surface area contributed by atoms with Gasteiger partial charge in [0.2, 0.25) is 0 Å². The van der Waals surface area contributed by atoms with Crippen LogP contribution < -0.4 is 5.32 Å². The molecule has 0 unspecified atom stereocenters. The SMILES string of the molecule is CC(C)N1CCC[C@@H](NC(=O)c2cscn2)C1. The summed E-state index contributed by atoms with van der Waals surface area (Å²) in [6.07, 6.45) is 2.22. The number of carbonyl (C=O) groups excluding carboxylic acids is 1. The first-order valence-electron chi connectivity index (χ1n) is 6.10. The second-order valence-electron chi connectivity index (χ2n) is 4.77. The van der Waals surface area contributed by atoms with Crippen molar-refractivity contribution in [2.24, 2.45) is 0 Å². The van der Waals surface area contributed by atoms with Gasteiger partial charge in [0.05, 0.1) is 5.51 Å². The van der Waals surface area contributed by atoms with Crippen LogP contribution in [0.15, 0.2) is 10.9 Å². The Morgan fingerprint density at radius 1 is 1.65 bits per heavy atom. The zero-order chi connectivity index (χ0) is 12.3. The average molecular weight is 253 g/mol. The molecule has 0 aromatic carbocycles. The standard InChI is InChI=1S/C12H19N3OS/c1-9(2)15-5-3-4-10(6-15)14-12(16)11-7-17-8-13-11/h7-10H,3-6H2,1-2H3,(H,14,16)/t10-/m1/s1. The number of amides is 1. The molecule has 0 saturated carbocycles. The van der Waals surface area contributed by atoms with Gasteiger partial charge in [-0.3, -0.25) is 9.69 Å². The zero-order valence-corrected chi connectivity index (χ0v) is 11.2. The van der Waals surface area contributed by atoms with Gasteiger partial charge in [-0.1, -0.05) is 0 Å². The van der Waals surface area contributed by atoms with Gasteiger partial charge in [-0.05, 0) is 33.2 Å². The maximum atomic E-state index is 11.9. The summed E-state index contributed by atoms with van der Waals surface area (Å²) in [4.78, 5) is 18.3. The van der Waals surface area contributed by atoms with E-state index in [0.29, 0.717) is 11.7 Å². The largest absolute Gasteiger partial charge is 0.347 e. The van der Waals surface area contributed by atoms with Crippen LogP contribution in [0.25, 0.3) is 0 Å². The molecule has 0 aliphatic carbocycles. The fourth-order valence-corrected chi connectivity index (χ4v) is 2.71. The van der Waals surface area contributed by atoms with Gasteiger partial charge in [0, 0.05) is 24.0 Å². The molecular weight excluding hydrogens is 234 g/mol. The molecule has 1 aromatic heterocycles. The Labute approximate surface area is 106 Å². The van der Waals surface area contributed by atoms with E-state index in [4.69, 9.17) is 0 Å². The van der Waals surface area contributed by atoms with Crippen molar-refractivity contribution in [3.05, 3.63) is 16.6 Å². The lowest BCUT2D eigenvalue weighted by Crippen LogP contribution is -2.49. The van der Waals surface area contributed by atoms with E-state index in [0.717, 1.165) is 25.9 Å². The van der Waals surface area contributed by atoms with Crippen molar-refractivity contribution in [2.75, 3.05) is 13.1 Å². The number of thiazole rings is 1. The van der Waals surface area contributed by atoms with E-state index < -0.39 is 0 Å². The van der Waals surface area contributed by atoms with Gasteiger partial charge in [-0.15, -0.1) is 11.3 Å². The first kappa shape index (κ1) is 12.5. The van der Waals surface area contributed by atoms with Crippen LogP contribution in [0.5, 0.6) is 0 Å². The summed E-state index contributed by atoms with van der Waals surface area (Å²) in [7, 11) is 0. The minimum Gasteiger partial charge on any atom is -0.347 e. The van der Waals surface area contributed by atoms with Gasteiger partial charge in [0.15, 0.2) is 0 Å². The smallest absolute Gasteiger partial charge is 0.271 e. The quantitative estimate of drug-likeness (QED) is 0.892. The van der Waals surface area contributed by atoms with Crippen LogP contribution in [0, 0.1) is 0 Å². The van der Waals surface area contributed by atoms with Crippen molar-refractivity contribution in [1.29, 1.82) is 0 Å². The van der Waals surface area contributed by atoms with Crippen LogP contribution >= 0.6 is 11.3 Å². The Balaban J connectivity index is 1.89. The van der Waals surface area contributed by atoms with Crippen molar-refractivity contribution >= 4 is 17.2 Å². The second kappa shape index (κ2) is 5.60. The number of hydrogen-bond donors (Lipinski definition) is 1. The molecule has 4 nitrogen and oxygen atoms in total. The van der Waals surface area contributed by atoms with E-state index >= 15 is 0 Å². The maximum Gasteiger partial charge on any atom is 0.271 e. The Hall–Kier alpha value is -0.940. The Kier molecular flexibility index (Phi) is 4.12. The normalized spacial score (nSPS) is 21.7. The molecule has 17 heavy (non-hydrogen) atoms. The van der Waals surface area contributed by atoms with Crippen LogP contribution in [0.2, 0.25) is 0 Å². The highest BCUT2D eigenvalue weighted by atomic mass is 32.1. The molecule has 2 heterocycles. The van der Waals surface area contributed by atoms with Crippen LogP contribution in [0.4, 0.5) is 0 Å². The number of rotatable bonds is 3. The third-order valence-electron chi connectivity index (χ3n) is 3.18. The molecule has 94 valence electrons. The van der Waals surface area contributed by atoms with Gasteiger partial charge < -0.3 is 5.32 Å². The summed E-state index contributed by atoms with van der Waals surface area (Å²) >= 11 is 1.45. The molecule has 2 rings (SSSR count). The van der Waals surface area contributed by atoms with E-state index in [1.807, 2.05) is 0 Å². The lowest BCUT2D eigenvalue weighted by Gasteiger charge is -2.35. The lowest BCUT2D eigenvalue weighted by atomic mass is 10.0. The number of nitrogens with one attached hydrogen (secondary N) is 1. The summed E-state index contributed by atoms with van der Waals surface area (Å²) in [6.45, 7) is 6.49. The predicted molar refractivity (Wildman–Crippen MR) is 69.3 cm³/mol. The first-order chi connectivity index (χ1) is 8.16. The third-order valence-corrected chi connectivity index (χ3v) is 3.77. The molecule has 1 amide bonds. The van der Waals surface area contributed by atoms with Gasteiger partial charge in [0.25, 0.3) is 5.91 Å². The predicted octanol–water partition coefficient (Wildman–Crippen LogP) is 1.75. The molecule has 0 bridgehead atoms. The fraction of sp³-hybridized carbons (Fsp3) is 0.667. The number of nitrogens with zero attached hydrogens (tertiary/aromatic N) is 2. The molecule has 1 saturated heterocycles. The maximum absolute atomic E-state index is 11.9. The highest BCUT2D eigenvalue weighted by molar-refractivity contribution is 7.07. The molecule has 1 aliphatic heterocycles. The Morgan fingerprint density at radius 3 is 3.12 bits per heavy atom. The molecule has 1 aromatic rings. The summed E-state index contributed by atoms with van der Waals surface area (Å²) in [5, 5.41) is 4.86. The average Bonchev–Trinajstić information content (AvgIpc) is 2.82. The van der Waals surface area contributed by atoms with Crippen LogP contribution in [-0.4, -0.2) is 41.0 Å². The van der Waals surface area contributed by atoms with E-state index in [9.17, 15) is 4.79 Å². The highest BCUT2D eigenvalue weighted by Gasteiger charge is 2.23. The monoisotopic (exact) mass is 253 g/mol. The van der Waals surface area contributed by atoms with Crippen LogP contribution in [0.3, 0.4) is 0 Å². The van der Waals surface area contributed by atoms with E-state index in [1.54, 1.807) is 10.9 Å². The fourth-order valence-electron chi connectivity index (χ4n) is 2.18. The van der Waals surface area contributed by atoms with Crippen molar-refractivity contribution in [3.8, 4) is 0 Å². The summed E-state index contributed by atoms with van der Waals surface area (Å²) in [6, 6.07) is 0.814. The van der Waals surface area contributed by atoms with E-state index in [2.05, 4.69) is 29.0 Å². The molecule has 1 fully saturated rings. The van der Waals surface area contributed by atoms with Crippen molar-refractivity contribution in [3.63, 3.8) is 0 Å². The topological polar surface area (TPSA) is 45.2 Å². The summed E-state index contributed by atoms with van der Waals surface area (Å²) < 4.78 is 0. The van der Waals surface area contributed by atoms with Crippen molar-refractivity contribution < 1.29 is 4.79 Å². The number of hydrogen-bond acceptors (Lipinski definition) is 4. The number of likely N-dealkylation sites (tertiary alicyclic amines) is 1. The van der Waals surface area contributed by atoms with Crippen molar-refractivity contribution in [2.45, 2.75) is 38.8 Å². The van der Waals surface area contributed by atoms with Crippen LogP contribution in [-0.2, 0) is 0 Å². The molecule has 1 N–H and O–H groups in total. The Bertz CT molecular complexity index is 364. The van der Waals surface area contributed by atoms with E-state index in [1.165, 1.54) is 11.3 Å². The zero-order valence-electron chi connectivity index (χ0n) is 10.3. The minimum atomic E-state index is -0.0399. The molecule has 0 radical (unpaired) electrons. The Morgan fingerprint density at radius 2 is 2.47 bits per heavy atom. The molecule has 1 aliphatic rings. The van der Waals surface area contributed by atoms with Gasteiger partial charge in [-0.2, -0.15) is 0 Å². The molecular formula is C12H19N3OS. The van der Waals surface area contributed by atoms with Gasteiger partial charge >= 0.3 is 0 Å². The van der Waals surface area contributed by atoms with Gasteiger partial charge in [0.1, 0.15) is 5.69 Å². The molecule has 0 spiro atoms. The third kappa shape index (κ3) is 3.26. The summed E-state index contributed by atoms with van der Waals surface area (Å²) in [5.74, 6) is -0.0399. The van der Waals surface area contributed by atoms with Crippen LogP contribution in [0.1, 0.15) is 37.2 Å². The highest BCUT2D eigenvalue weighted by Crippen LogP contribution is 2.13. The lowest BCUT2D eigenvalue weighted by molar-refractivity contribution is 0.0882. The number of carbonyl (C=O) groups is 1. The second-order valence-corrected chi connectivity index (χ2v) is 5.49. The summed E-state index contributed by atoms with van der Waals surface area (Å²) in [5.41, 5.74) is 2.23. The molecule has 1 atom stereocenters. The molecule has 5 heteroatoms. The number of piperidine rings is 1. The van der Waals surface area contributed by atoms with E-state index in [-0.39, 0.29) is 11.9 Å².